The first-order valence-electron chi connectivity index (χ1n) is 8.73. The highest BCUT2D eigenvalue weighted by Gasteiger charge is 2.24. The molecule has 0 atom stereocenters. The Morgan fingerprint density at radius 2 is 2.15 bits per heavy atom. The summed E-state index contributed by atoms with van der Waals surface area (Å²) < 4.78 is 10.6. The Morgan fingerprint density at radius 1 is 1.26 bits per heavy atom. The summed E-state index contributed by atoms with van der Waals surface area (Å²) >= 11 is 0. The SMILES string of the molecule is Cc1noc(-c2ccnc(NCCCN3C(=O)COc4ccccc43)c2)n1. The molecule has 138 valence electrons. The van der Waals surface area contributed by atoms with Crippen LogP contribution in [0.5, 0.6) is 5.75 Å². The molecule has 0 unspecified atom stereocenters. The highest BCUT2D eigenvalue weighted by atomic mass is 16.5. The second kappa shape index (κ2) is 7.45. The van der Waals surface area contributed by atoms with E-state index in [1.807, 2.05) is 36.4 Å². The number of carbonyl (C=O) groups is 1. The van der Waals surface area contributed by atoms with Crippen LogP contribution in [0.3, 0.4) is 0 Å². The van der Waals surface area contributed by atoms with Crippen LogP contribution in [0.2, 0.25) is 0 Å². The Labute approximate surface area is 156 Å². The van der Waals surface area contributed by atoms with Crippen molar-refractivity contribution >= 4 is 17.4 Å². The van der Waals surface area contributed by atoms with Crippen molar-refractivity contribution in [3.8, 4) is 17.2 Å². The first-order chi connectivity index (χ1) is 13.2. The number of para-hydroxylation sites is 2. The number of rotatable bonds is 6. The Bertz CT molecular complexity index is 956. The van der Waals surface area contributed by atoms with E-state index in [9.17, 15) is 4.79 Å². The zero-order chi connectivity index (χ0) is 18.6. The van der Waals surface area contributed by atoms with Gasteiger partial charge in [-0.25, -0.2) is 4.98 Å². The number of ether oxygens (including phenoxy) is 1. The van der Waals surface area contributed by atoms with E-state index in [1.165, 1.54) is 0 Å². The summed E-state index contributed by atoms with van der Waals surface area (Å²) in [5.41, 5.74) is 1.63. The predicted molar refractivity (Wildman–Crippen MR) is 99.7 cm³/mol. The lowest BCUT2D eigenvalue weighted by atomic mass is 10.2. The zero-order valence-electron chi connectivity index (χ0n) is 14.9. The van der Waals surface area contributed by atoms with Crippen LogP contribution in [0.4, 0.5) is 11.5 Å². The molecule has 8 nitrogen and oxygen atoms in total. The lowest BCUT2D eigenvalue weighted by Gasteiger charge is -2.29. The number of aromatic nitrogens is 3. The van der Waals surface area contributed by atoms with Gasteiger partial charge in [0, 0.05) is 24.8 Å². The van der Waals surface area contributed by atoms with Crippen LogP contribution in [0.1, 0.15) is 12.2 Å². The van der Waals surface area contributed by atoms with Crippen LogP contribution < -0.4 is 15.0 Å². The number of aryl methyl sites for hydroxylation is 1. The van der Waals surface area contributed by atoms with Gasteiger partial charge in [-0.2, -0.15) is 4.98 Å². The Balaban J connectivity index is 1.35. The number of amides is 1. The van der Waals surface area contributed by atoms with Gasteiger partial charge in [-0.05, 0) is 37.6 Å². The number of nitrogens with zero attached hydrogens (tertiary/aromatic N) is 4. The van der Waals surface area contributed by atoms with Gasteiger partial charge in [0.15, 0.2) is 12.4 Å². The maximum absolute atomic E-state index is 12.2. The molecule has 8 heteroatoms. The number of anilines is 2. The van der Waals surface area contributed by atoms with Gasteiger partial charge in [-0.15, -0.1) is 0 Å². The summed E-state index contributed by atoms with van der Waals surface area (Å²) in [6.45, 7) is 3.14. The first-order valence-corrected chi connectivity index (χ1v) is 8.73. The Kier molecular flexibility index (Phi) is 4.69. The molecule has 0 bridgehead atoms. The number of pyridine rings is 1. The van der Waals surface area contributed by atoms with Crippen molar-refractivity contribution in [1.82, 2.24) is 15.1 Å². The van der Waals surface area contributed by atoms with Crippen molar-refractivity contribution in [3.63, 3.8) is 0 Å². The number of fused-ring (bicyclic) bond motifs is 1. The highest BCUT2D eigenvalue weighted by molar-refractivity contribution is 5.97. The molecule has 0 spiro atoms. The predicted octanol–water partition coefficient (Wildman–Crippen LogP) is 2.67. The third kappa shape index (κ3) is 3.74. The van der Waals surface area contributed by atoms with E-state index in [2.05, 4.69) is 20.4 Å². The van der Waals surface area contributed by atoms with Gasteiger partial charge in [0.25, 0.3) is 11.8 Å². The molecule has 27 heavy (non-hydrogen) atoms. The van der Waals surface area contributed by atoms with E-state index in [4.69, 9.17) is 9.26 Å². The normalized spacial score (nSPS) is 13.2. The number of hydrogen-bond acceptors (Lipinski definition) is 7. The first kappa shape index (κ1) is 17.0. The fourth-order valence-electron chi connectivity index (χ4n) is 2.93. The van der Waals surface area contributed by atoms with Gasteiger partial charge >= 0.3 is 0 Å². The molecule has 0 saturated heterocycles. The standard InChI is InChI=1S/C19H19N5O3/c1-13-22-19(27-23-13)14-7-9-21-17(11-14)20-8-4-10-24-15-5-2-3-6-16(15)26-12-18(24)25/h2-3,5-7,9,11H,4,8,10,12H2,1H3,(H,20,21). The Hall–Kier alpha value is -3.42. The van der Waals surface area contributed by atoms with Crippen LogP contribution in [-0.4, -0.2) is 40.7 Å². The minimum Gasteiger partial charge on any atom is -0.482 e. The molecular formula is C19H19N5O3. The molecule has 1 aliphatic rings. The molecule has 0 fully saturated rings. The van der Waals surface area contributed by atoms with E-state index in [1.54, 1.807) is 18.0 Å². The van der Waals surface area contributed by atoms with Gasteiger partial charge in [0.2, 0.25) is 0 Å². The van der Waals surface area contributed by atoms with Crippen LogP contribution in [0.15, 0.2) is 47.1 Å². The third-order valence-corrected chi connectivity index (χ3v) is 4.21. The smallest absolute Gasteiger partial charge is 0.265 e. The second-order valence-electron chi connectivity index (χ2n) is 6.16. The van der Waals surface area contributed by atoms with Crippen molar-refractivity contribution in [3.05, 3.63) is 48.4 Å². The maximum atomic E-state index is 12.2. The van der Waals surface area contributed by atoms with E-state index in [-0.39, 0.29) is 12.5 Å². The lowest BCUT2D eigenvalue weighted by molar-refractivity contribution is -0.121. The van der Waals surface area contributed by atoms with E-state index < -0.39 is 0 Å². The molecule has 3 heterocycles. The molecule has 4 rings (SSSR count). The molecule has 1 aromatic carbocycles. The minimum atomic E-state index is -0.0272. The molecule has 0 saturated carbocycles. The van der Waals surface area contributed by atoms with Crippen LogP contribution in [0, 0.1) is 6.92 Å². The fourth-order valence-corrected chi connectivity index (χ4v) is 2.93. The molecule has 1 N–H and O–H groups in total. The second-order valence-corrected chi connectivity index (χ2v) is 6.16. The average Bonchev–Trinajstić information content (AvgIpc) is 3.13. The van der Waals surface area contributed by atoms with E-state index in [0.717, 1.165) is 29.2 Å². The molecule has 0 aliphatic carbocycles. The van der Waals surface area contributed by atoms with E-state index >= 15 is 0 Å². The average molecular weight is 365 g/mol. The topological polar surface area (TPSA) is 93.4 Å². The number of benzene rings is 1. The number of carbonyl (C=O) groups excluding carboxylic acids is 1. The van der Waals surface area contributed by atoms with Crippen LogP contribution in [-0.2, 0) is 4.79 Å². The monoisotopic (exact) mass is 365 g/mol. The largest absolute Gasteiger partial charge is 0.482 e. The van der Waals surface area contributed by atoms with Crippen molar-refractivity contribution in [1.29, 1.82) is 0 Å². The van der Waals surface area contributed by atoms with Crippen LogP contribution in [0.25, 0.3) is 11.5 Å². The van der Waals surface area contributed by atoms with Crippen LogP contribution >= 0.6 is 0 Å². The Morgan fingerprint density at radius 3 is 3.00 bits per heavy atom. The molecular weight excluding hydrogens is 346 g/mol. The summed E-state index contributed by atoms with van der Waals surface area (Å²) in [7, 11) is 0. The van der Waals surface area contributed by atoms with Crippen molar-refractivity contribution in [2.45, 2.75) is 13.3 Å². The third-order valence-electron chi connectivity index (χ3n) is 4.21. The van der Waals surface area contributed by atoms with Gasteiger partial charge < -0.3 is 19.5 Å². The molecule has 1 amide bonds. The van der Waals surface area contributed by atoms with Gasteiger partial charge in [-0.3, -0.25) is 4.79 Å². The lowest BCUT2D eigenvalue weighted by Crippen LogP contribution is -2.39. The number of nitrogens with one attached hydrogen (secondary N) is 1. The molecule has 2 aromatic heterocycles. The van der Waals surface area contributed by atoms with Gasteiger partial charge in [-0.1, -0.05) is 17.3 Å². The van der Waals surface area contributed by atoms with Crippen molar-refractivity contribution in [2.75, 3.05) is 29.9 Å². The van der Waals surface area contributed by atoms with Gasteiger partial charge in [0.05, 0.1) is 5.69 Å². The maximum Gasteiger partial charge on any atom is 0.265 e. The summed E-state index contributed by atoms with van der Waals surface area (Å²) in [6.07, 6.45) is 2.46. The summed E-state index contributed by atoms with van der Waals surface area (Å²) in [5.74, 6) is 2.49. The minimum absolute atomic E-state index is 0.0272. The zero-order valence-corrected chi connectivity index (χ0v) is 14.9. The number of hydrogen-bond donors (Lipinski definition) is 1. The summed E-state index contributed by atoms with van der Waals surface area (Å²) in [4.78, 5) is 22.5. The molecule has 0 radical (unpaired) electrons. The summed E-state index contributed by atoms with van der Waals surface area (Å²) in [5, 5.41) is 7.07. The summed E-state index contributed by atoms with van der Waals surface area (Å²) in [6, 6.07) is 11.3. The molecule has 1 aliphatic heterocycles. The van der Waals surface area contributed by atoms with Gasteiger partial charge in [0.1, 0.15) is 11.6 Å². The highest BCUT2D eigenvalue weighted by Crippen LogP contribution is 2.31. The quantitative estimate of drug-likeness (QED) is 0.671. The van der Waals surface area contributed by atoms with E-state index in [0.29, 0.717) is 24.8 Å². The molecule has 3 aromatic rings. The van der Waals surface area contributed by atoms with Crippen molar-refractivity contribution in [2.24, 2.45) is 0 Å². The van der Waals surface area contributed by atoms with Crippen molar-refractivity contribution < 1.29 is 14.1 Å². The fraction of sp³-hybridized carbons (Fsp3) is 0.263.